The van der Waals surface area contributed by atoms with Gasteiger partial charge in [-0.15, -0.1) is 0 Å². The molecular weight excluding hydrogens is 474 g/mol. The van der Waals surface area contributed by atoms with Crippen LogP contribution in [-0.4, -0.2) is 17.3 Å². The first kappa shape index (κ1) is 23.4. The number of nitrogens with zero attached hydrogens (tertiary/aromatic N) is 1. The molecule has 7 heteroatoms. The minimum absolute atomic E-state index is 0.159. The van der Waals surface area contributed by atoms with E-state index in [-0.39, 0.29) is 5.91 Å². The van der Waals surface area contributed by atoms with E-state index in [0.29, 0.717) is 32.4 Å². The molecule has 0 unspecified atom stereocenters. The van der Waals surface area contributed by atoms with Crippen molar-refractivity contribution in [1.82, 2.24) is 0 Å². The van der Waals surface area contributed by atoms with Gasteiger partial charge in [-0.1, -0.05) is 72.0 Å². The smallest absolute Gasteiger partial charge is 0.270 e. The van der Waals surface area contributed by atoms with Gasteiger partial charge in [0.25, 0.3) is 5.91 Å². The number of rotatable bonds is 6. The maximum Gasteiger partial charge on any atom is 0.270 e. The summed E-state index contributed by atoms with van der Waals surface area (Å²) in [5.41, 5.74) is 4.78. The van der Waals surface area contributed by atoms with E-state index in [0.717, 1.165) is 27.9 Å². The Morgan fingerprint density at radius 1 is 1.06 bits per heavy atom. The Bertz CT molecular complexity index is 1260. The van der Waals surface area contributed by atoms with Crippen molar-refractivity contribution in [3.8, 4) is 11.5 Å². The molecule has 1 heterocycles. The maximum atomic E-state index is 13.1. The minimum Gasteiger partial charge on any atom is -0.493 e. The zero-order chi connectivity index (χ0) is 23.5. The summed E-state index contributed by atoms with van der Waals surface area (Å²) in [5.74, 6) is 0.796. The molecule has 0 aliphatic carbocycles. The van der Waals surface area contributed by atoms with Crippen LogP contribution in [0.3, 0.4) is 0 Å². The second-order valence-electron chi connectivity index (χ2n) is 7.59. The van der Waals surface area contributed by atoms with Gasteiger partial charge in [-0.05, 0) is 66.4 Å². The van der Waals surface area contributed by atoms with Crippen LogP contribution in [0.4, 0.5) is 5.69 Å². The second kappa shape index (κ2) is 10.00. The van der Waals surface area contributed by atoms with Gasteiger partial charge in [-0.2, -0.15) is 0 Å². The molecular formula is C26H22ClNO3S2. The van der Waals surface area contributed by atoms with Crippen LogP contribution in [0.25, 0.3) is 6.08 Å². The number of thiocarbonyl (C=S) groups is 1. The van der Waals surface area contributed by atoms with Crippen LogP contribution in [0.1, 0.15) is 22.3 Å². The second-order valence-corrected chi connectivity index (χ2v) is 9.68. The zero-order valence-electron chi connectivity index (χ0n) is 18.4. The molecule has 0 N–H and O–H groups in total. The molecule has 33 heavy (non-hydrogen) atoms. The van der Waals surface area contributed by atoms with E-state index < -0.39 is 0 Å². The van der Waals surface area contributed by atoms with Gasteiger partial charge in [0, 0.05) is 0 Å². The number of carbonyl (C=O) groups excluding carboxylic acids is 1. The van der Waals surface area contributed by atoms with Gasteiger partial charge in [0.15, 0.2) is 15.8 Å². The van der Waals surface area contributed by atoms with E-state index in [4.69, 9.17) is 33.3 Å². The largest absolute Gasteiger partial charge is 0.493 e. The Kier molecular flexibility index (Phi) is 7.08. The maximum absolute atomic E-state index is 13.1. The third-order valence-corrected chi connectivity index (χ3v) is 6.90. The lowest BCUT2D eigenvalue weighted by Gasteiger charge is -2.16. The van der Waals surface area contributed by atoms with Crippen LogP contribution in [-0.2, 0) is 11.4 Å². The van der Waals surface area contributed by atoms with E-state index in [1.165, 1.54) is 11.8 Å². The summed E-state index contributed by atoms with van der Waals surface area (Å²) in [7, 11) is 1.56. The summed E-state index contributed by atoms with van der Waals surface area (Å²) >= 11 is 13.3. The van der Waals surface area contributed by atoms with Crippen molar-refractivity contribution in [3.63, 3.8) is 0 Å². The fourth-order valence-corrected chi connectivity index (χ4v) is 4.97. The Balaban J connectivity index is 1.59. The predicted octanol–water partition coefficient (Wildman–Crippen LogP) is 6.95. The van der Waals surface area contributed by atoms with E-state index >= 15 is 0 Å². The molecule has 0 atom stereocenters. The van der Waals surface area contributed by atoms with E-state index in [9.17, 15) is 4.79 Å². The van der Waals surface area contributed by atoms with Gasteiger partial charge in [0.05, 0.1) is 22.7 Å². The fourth-order valence-electron chi connectivity index (χ4n) is 3.40. The number of hydrogen-bond acceptors (Lipinski definition) is 5. The molecule has 1 aliphatic rings. The van der Waals surface area contributed by atoms with E-state index in [1.54, 1.807) is 30.2 Å². The monoisotopic (exact) mass is 495 g/mol. The molecule has 4 rings (SSSR count). The number of aryl methyl sites for hydroxylation is 2. The summed E-state index contributed by atoms with van der Waals surface area (Å²) in [6.07, 6.45) is 1.77. The first-order chi connectivity index (χ1) is 15.9. The van der Waals surface area contributed by atoms with Gasteiger partial charge in [0.1, 0.15) is 6.61 Å². The third kappa shape index (κ3) is 5.08. The molecule has 0 radical (unpaired) electrons. The van der Waals surface area contributed by atoms with Crippen LogP contribution < -0.4 is 14.4 Å². The molecule has 168 valence electrons. The molecule has 4 nitrogen and oxygen atoms in total. The summed E-state index contributed by atoms with van der Waals surface area (Å²) in [4.78, 5) is 15.2. The number of methoxy groups -OCH3 is 1. The van der Waals surface area contributed by atoms with Crippen LogP contribution in [0.5, 0.6) is 11.5 Å². The Morgan fingerprint density at radius 2 is 1.82 bits per heavy atom. The van der Waals surface area contributed by atoms with Crippen molar-refractivity contribution < 1.29 is 14.3 Å². The topological polar surface area (TPSA) is 38.8 Å². The van der Waals surface area contributed by atoms with Crippen molar-refractivity contribution in [3.05, 3.63) is 92.8 Å². The average molecular weight is 496 g/mol. The van der Waals surface area contributed by atoms with Gasteiger partial charge < -0.3 is 9.47 Å². The first-order valence-electron chi connectivity index (χ1n) is 10.3. The van der Waals surface area contributed by atoms with E-state index in [1.807, 2.05) is 62.4 Å². The highest BCUT2D eigenvalue weighted by atomic mass is 35.5. The summed E-state index contributed by atoms with van der Waals surface area (Å²) in [6.45, 7) is 4.42. The quantitative estimate of drug-likeness (QED) is 0.273. The number of benzene rings is 3. The molecule has 0 spiro atoms. The Morgan fingerprint density at radius 3 is 2.52 bits per heavy atom. The number of thioether (sulfide) groups is 1. The lowest BCUT2D eigenvalue weighted by Crippen LogP contribution is -2.27. The number of halogens is 1. The van der Waals surface area contributed by atoms with E-state index in [2.05, 4.69) is 0 Å². The molecule has 1 saturated heterocycles. The molecule has 0 saturated carbocycles. The average Bonchev–Trinajstić information content (AvgIpc) is 3.08. The van der Waals surface area contributed by atoms with Crippen molar-refractivity contribution in [2.75, 3.05) is 12.0 Å². The summed E-state index contributed by atoms with van der Waals surface area (Å²) < 4.78 is 11.9. The lowest BCUT2D eigenvalue weighted by molar-refractivity contribution is -0.113. The van der Waals surface area contributed by atoms with Crippen LogP contribution in [0.15, 0.2) is 65.6 Å². The van der Waals surface area contributed by atoms with Gasteiger partial charge in [-0.3, -0.25) is 9.69 Å². The molecule has 1 fully saturated rings. The highest BCUT2D eigenvalue weighted by Crippen LogP contribution is 2.40. The van der Waals surface area contributed by atoms with Gasteiger partial charge in [-0.25, -0.2) is 0 Å². The lowest BCUT2D eigenvalue weighted by atomic mass is 10.1. The third-order valence-electron chi connectivity index (χ3n) is 5.32. The Labute approximate surface area is 208 Å². The molecule has 3 aromatic carbocycles. The highest BCUT2D eigenvalue weighted by molar-refractivity contribution is 8.27. The summed E-state index contributed by atoms with van der Waals surface area (Å²) in [5, 5.41) is 0.404. The Hall–Kier alpha value is -2.80. The minimum atomic E-state index is -0.159. The van der Waals surface area contributed by atoms with Crippen LogP contribution >= 0.6 is 35.6 Å². The van der Waals surface area contributed by atoms with Crippen molar-refractivity contribution >= 4 is 57.6 Å². The predicted molar refractivity (Wildman–Crippen MR) is 140 cm³/mol. The normalized spacial score (nSPS) is 14.8. The molecule has 1 aliphatic heterocycles. The number of amides is 1. The van der Waals surface area contributed by atoms with Crippen molar-refractivity contribution in [2.24, 2.45) is 0 Å². The first-order valence-corrected chi connectivity index (χ1v) is 11.9. The molecule has 3 aromatic rings. The van der Waals surface area contributed by atoms with Crippen LogP contribution in [0, 0.1) is 13.8 Å². The summed E-state index contributed by atoms with van der Waals surface area (Å²) in [6, 6.07) is 19.3. The zero-order valence-corrected chi connectivity index (χ0v) is 20.8. The number of ether oxygens (including phenoxy) is 2. The fraction of sp³-hybridized carbons (Fsp3) is 0.154. The van der Waals surface area contributed by atoms with Gasteiger partial charge in [0.2, 0.25) is 0 Å². The SMILES string of the molecule is COc1cc(/C=C2/SC(=S)N(c3ccc(C)c(C)c3)C2=O)cc(Cl)c1OCc1ccccc1. The molecule has 0 aromatic heterocycles. The number of hydrogen-bond donors (Lipinski definition) is 0. The standard InChI is InChI=1S/C26H22ClNO3S2/c1-16-9-10-20(11-17(16)2)28-25(29)23(33-26(28)32)14-19-12-21(27)24(22(13-19)30-3)31-15-18-7-5-4-6-8-18/h4-14H,15H2,1-3H3/b23-14+. The van der Waals surface area contributed by atoms with Crippen molar-refractivity contribution in [2.45, 2.75) is 20.5 Å². The molecule has 1 amide bonds. The molecule has 0 bridgehead atoms. The number of anilines is 1. The van der Waals surface area contributed by atoms with Crippen molar-refractivity contribution in [1.29, 1.82) is 0 Å². The number of carbonyl (C=O) groups is 1. The van der Waals surface area contributed by atoms with Gasteiger partial charge >= 0.3 is 0 Å². The van der Waals surface area contributed by atoms with Crippen LogP contribution in [0.2, 0.25) is 5.02 Å². The highest BCUT2D eigenvalue weighted by Gasteiger charge is 2.33.